The molecule has 0 atom stereocenters. The average Bonchev–Trinajstić information content (AvgIpc) is 3.04. The second-order valence-corrected chi connectivity index (χ2v) is 5.34. The molecule has 3 aromatic heterocycles. The molecule has 0 spiro atoms. The zero-order valence-electron chi connectivity index (χ0n) is 13.1. The molecule has 0 radical (unpaired) electrons. The first-order chi connectivity index (χ1) is 11.9. The number of aromatic nitrogens is 4. The molecule has 0 aliphatic carbocycles. The van der Waals surface area contributed by atoms with Crippen LogP contribution in [0.25, 0.3) is 23.0 Å². The number of hydrogen-bond donors (Lipinski definition) is 1. The van der Waals surface area contributed by atoms with Crippen molar-refractivity contribution in [3.63, 3.8) is 0 Å². The van der Waals surface area contributed by atoms with E-state index in [9.17, 15) is 18.0 Å². The maximum Gasteiger partial charge on any atom is 0.433 e. The third-order valence-electron chi connectivity index (χ3n) is 3.36. The zero-order chi connectivity index (χ0) is 18.0. The molecule has 0 unspecified atom stereocenters. The first kappa shape index (κ1) is 16.9. The van der Waals surface area contributed by atoms with Crippen molar-refractivity contribution in [2.45, 2.75) is 25.9 Å². The molecule has 6 nitrogen and oxygen atoms in total. The van der Waals surface area contributed by atoms with Crippen molar-refractivity contribution in [3.05, 3.63) is 52.1 Å². The Labute approximate surface area is 139 Å². The molecule has 0 amide bonds. The maximum atomic E-state index is 12.8. The minimum Gasteiger partial charge on any atom is -0.334 e. The van der Waals surface area contributed by atoms with Crippen LogP contribution in [0.2, 0.25) is 0 Å². The number of aromatic amines is 1. The van der Waals surface area contributed by atoms with Crippen molar-refractivity contribution in [2.24, 2.45) is 0 Å². The summed E-state index contributed by atoms with van der Waals surface area (Å²) in [5.41, 5.74) is -0.320. The van der Waals surface area contributed by atoms with E-state index in [4.69, 9.17) is 4.52 Å². The Morgan fingerprint density at radius 3 is 2.72 bits per heavy atom. The van der Waals surface area contributed by atoms with Crippen LogP contribution in [0.4, 0.5) is 13.2 Å². The molecule has 0 saturated heterocycles. The van der Waals surface area contributed by atoms with Crippen LogP contribution in [0.1, 0.15) is 24.7 Å². The van der Waals surface area contributed by atoms with Crippen molar-refractivity contribution < 1.29 is 17.7 Å². The minimum absolute atomic E-state index is 0.0395. The van der Waals surface area contributed by atoms with Gasteiger partial charge in [-0.2, -0.15) is 18.2 Å². The first-order valence-corrected chi connectivity index (χ1v) is 7.49. The van der Waals surface area contributed by atoms with E-state index < -0.39 is 11.9 Å². The number of halogens is 3. The van der Waals surface area contributed by atoms with Gasteiger partial charge in [0.2, 0.25) is 11.4 Å². The monoisotopic (exact) mass is 350 g/mol. The number of hydrogen-bond acceptors (Lipinski definition) is 5. The Bertz CT molecular complexity index is 947. The summed E-state index contributed by atoms with van der Waals surface area (Å²) in [6.45, 7) is 1.97. The van der Waals surface area contributed by atoms with Crippen molar-refractivity contribution in [1.82, 2.24) is 20.1 Å². The summed E-state index contributed by atoms with van der Waals surface area (Å²) in [5, 5.41) is 3.66. The third-order valence-corrected chi connectivity index (χ3v) is 3.36. The molecule has 25 heavy (non-hydrogen) atoms. The molecule has 3 heterocycles. The van der Waals surface area contributed by atoms with E-state index in [0.29, 0.717) is 17.7 Å². The van der Waals surface area contributed by atoms with E-state index in [0.717, 1.165) is 12.5 Å². The third kappa shape index (κ3) is 3.76. The lowest BCUT2D eigenvalue weighted by Crippen LogP contribution is -2.08. The molecular formula is C16H13F3N4O2. The van der Waals surface area contributed by atoms with Gasteiger partial charge in [0.1, 0.15) is 11.4 Å². The highest BCUT2D eigenvalue weighted by molar-refractivity contribution is 5.57. The Morgan fingerprint density at radius 2 is 2.00 bits per heavy atom. The molecule has 0 fully saturated rings. The van der Waals surface area contributed by atoms with Gasteiger partial charge in [0.25, 0.3) is 5.89 Å². The normalized spacial score (nSPS) is 11.7. The molecule has 3 aromatic rings. The van der Waals surface area contributed by atoms with Crippen molar-refractivity contribution >= 4 is 0 Å². The van der Waals surface area contributed by atoms with Gasteiger partial charge in [0, 0.05) is 17.3 Å². The minimum atomic E-state index is -4.57. The van der Waals surface area contributed by atoms with Gasteiger partial charge in [-0.3, -0.25) is 4.79 Å². The maximum absolute atomic E-state index is 12.8. The summed E-state index contributed by atoms with van der Waals surface area (Å²) in [5.74, 6) is -0.0453. The number of H-pyrrole nitrogens is 1. The lowest BCUT2D eigenvalue weighted by Gasteiger charge is -2.05. The SMILES string of the molecule is CCCc1cc(-c2nc(-c3cccc(C(F)(F)F)n3)no2)cc(=O)[nH]1. The summed E-state index contributed by atoms with van der Waals surface area (Å²) in [6.07, 6.45) is -3.06. The number of nitrogens with one attached hydrogen (secondary N) is 1. The van der Waals surface area contributed by atoms with Crippen LogP contribution in [-0.2, 0) is 12.6 Å². The standard InChI is InChI=1S/C16H13F3N4O2/c1-2-4-10-7-9(8-13(24)20-10)15-22-14(23-25-15)11-5-3-6-12(21-11)16(17,18)19/h3,5-8H,2,4H2,1H3,(H,20,24). The Kier molecular flexibility index (Phi) is 4.39. The van der Waals surface area contributed by atoms with Crippen LogP contribution in [0.5, 0.6) is 0 Å². The van der Waals surface area contributed by atoms with Gasteiger partial charge in [0.15, 0.2) is 0 Å². The number of rotatable bonds is 4. The van der Waals surface area contributed by atoms with E-state index in [1.165, 1.54) is 18.2 Å². The smallest absolute Gasteiger partial charge is 0.334 e. The lowest BCUT2D eigenvalue weighted by atomic mass is 10.1. The highest BCUT2D eigenvalue weighted by Gasteiger charge is 2.32. The van der Waals surface area contributed by atoms with Crippen LogP contribution in [0, 0.1) is 0 Å². The van der Waals surface area contributed by atoms with Crippen LogP contribution in [0.3, 0.4) is 0 Å². The predicted octanol–water partition coefficient (Wildman–Crippen LogP) is 3.46. The molecule has 0 saturated carbocycles. The van der Waals surface area contributed by atoms with Gasteiger partial charge < -0.3 is 9.51 Å². The van der Waals surface area contributed by atoms with E-state index in [1.807, 2.05) is 6.92 Å². The number of aryl methyl sites for hydroxylation is 1. The fourth-order valence-corrected chi connectivity index (χ4v) is 2.29. The highest BCUT2D eigenvalue weighted by atomic mass is 19.4. The van der Waals surface area contributed by atoms with E-state index in [2.05, 4.69) is 20.1 Å². The summed E-state index contributed by atoms with van der Waals surface area (Å²) in [7, 11) is 0. The van der Waals surface area contributed by atoms with Crippen LogP contribution >= 0.6 is 0 Å². The average molecular weight is 350 g/mol. The summed E-state index contributed by atoms with van der Waals surface area (Å²) in [6, 6.07) is 6.41. The molecule has 1 N–H and O–H groups in total. The molecule has 3 rings (SSSR count). The number of nitrogens with zero attached hydrogens (tertiary/aromatic N) is 3. The van der Waals surface area contributed by atoms with Crippen molar-refractivity contribution in [2.75, 3.05) is 0 Å². The summed E-state index contributed by atoms with van der Waals surface area (Å²) in [4.78, 5) is 22.0. The fourth-order valence-electron chi connectivity index (χ4n) is 2.29. The van der Waals surface area contributed by atoms with Gasteiger partial charge in [0.05, 0.1) is 0 Å². The molecular weight excluding hydrogens is 337 g/mol. The van der Waals surface area contributed by atoms with Gasteiger partial charge >= 0.3 is 6.18 Å². The Morgan fingerprint density at radius 1 is 1.20 bits per heavy atom. The molecule has 9 heteroatoms. The Balaban J connectivity index is 1.97. The van der Waals surface area contributed by atoms with Gasteiger partial charge in [-0.25, -0.2) is 4.98 Å². The fraction of sp³-hybridized carbons (Fsp3) is 0.250. The molecule has 0 bridgehead atoms. The van der Waals surface area contributed by atoms with E-state index >= 15 is 0 Å². The van der Waals surface area contributed by atoms with E-state index in [1.54, 1.807) is 6.07 Å². The van der Waals surface area contributed by atoms with Gasteiger partial charge in [-0.15, -0.1) is 0 Å². The first-order valence-electron chi connectivity index (χ1n) is 7.49. The molecule has 130 valence electrons. The second-order valence-electron chi connectivity index (χ2n) is 5.34. The summed E-state index contributed by atoms with van der Waals surface area (Å²) >= 11 is 0. The van der Waals surface area contributed by atoms with Crippen LogP contribution in [0.15, 0.2) is 39.6 Å². The topological polar surface area (TPSA) is 84.7 Å². The second kappa shape index (κ2) is 6.50. The molecule has 0 aromatic carbocycles. The quantitative estimate of drug-likeness (QED) is 0.779. The van der Waals surface area contributed by atoms with Gasteiger partial charge in [-0.1, -0.05) is 24.6 Å². The van der Waals surface area contributed by atoms with E-state index in [-0.39, 0.29) is 23.0 Å². The number of alkyl halides is 3. The number of pyridine rings is 2. The van der Waals surface area contributed by atoms with Crippen LogP contribution < -0.4 is 5.56 Å². The zero-order valence-corrected chi connectivity index (χ0v) is 13.1. The van der Waals surface area contributed by atoms with Gasteiger partial charge in [-0.05, 0) is 24.6 Å². The van der Waals surface area contributed by atoms with Crippen molar-refractivity contribution in [1.29, 1.82) is 0 Å². The predicted molar refractivity (Wildman–Crippen MR) is 82.6 cm³/mol. The highest BCUT2D eigenvalue weighted by Crippen LogP contribution is 2.29. The van der Waals surface area contributed by atoms with Crippen LogP contribution in [-0.4, -0.2) is 20.1 Å². The largest absolute Gasteiger partial charge is 0.433 e. The molecule has 0 aliphatic rings. The lowest BCUT2D eigenvalue weighted by molar-refractivity contribution is -0.141. The molecule has 0 aliphatic heterocycles. The Hall–Kier alpha value is -2.97. The summed E-state index contributed by atoms with van der Waals surface area (Å²) < 4.78 is 43.3. The van der Waals surface area contributed by atoms with Crippen molar-refractivity contribution in [3.8, 4) is 23.0 Å².